The molecule has 0 saturated carbocycles. The number of aromatic nitrogens is 2. The number of aliphatic hydroxyl groups excluding tert-OH is 1. The van der Waals surface area contributed by atoms with Crippen molar-refractivity contribution in [3.8, 4) is 17.2 Å². The predicted octanol–water partition coefficient (Wildman–Crippen LogP) is 3.58. The van der Waals surface area contributed by atoms with E-state index in [9.17, 15) is 10.2 Å². The van der Waals surface area contributed by atoms with Crippen LogP contribution in [0.25, 0.3) is 0 Å². The molecule has 3 aromatic rings. The quantitative estimate of drug-likeness (QED) is 0.432. The van der Waals surface area contributed by atoms with Gasteiger partial charge in [0.25, 0.3) is 0 Å². The van der Waals surface area contributed by atoms with Crippen molar-refractivity contribution in [1.82, 2.24) is 14.5 Å². The third-order valence-electron chi connectivity index (χ3n) is 7.32. The van der Waals surface area contributed by atoms with Gasteiger partial charge in [-0.2, -0.15) is 0 Å². The minimum atomic E-state index is -1.37. The third-order valence-corrected chi connectivity index (χ3v) is 7.32. The number of aryl methyl sites for hydroxylation is 3. The van der Waals surface area contributed by atoms with Gasteiger partial charge < -0.3 is 29.0 Å². The van der Waals surface area contributed by atoms with Crippen LogP contribution in [0.1, 0.15) is 34.5 Å². The molecule has 2 aromatic carbocycles. The molecule has 2 N–H and O–H groups in total. The first-order chi connectivity index (χ1) is 17.7. The Hall–Kier alpha value is -3.07. The molecule has 0 spiro atoms. The molecule has 200 valence electrons. The Morgan fingerprint density at radius 1 is 1.05 bits per heavy atom. The van der Waals surface area contributed by atoms with Crippen molar-refractivity contribution in [3.63, 3.8) is 0 Å². The summed E-state index contributed by atoms with van der Waals surface area (Å²) in [6.07, 6.45) is 3.33. The van der Waals surface area contributed by atoms with E-state index in [4.69, 9.17) is 14.2 Å². The molecule has 37 heavy (non-hydrogen) atoms. The fourth-order valence-electron chi connectivity index (χ4n) is 4.85. The van der Waals surface area contributed by atoms with Gasteiger partial charge >= 0.3 is 0 Å². The van der Waals surface area contributed by atoms with Gasteiger partial charge in [-0.15, -0.1) is 0 Å². The number of hydrogen-bond donors (Lipinski definition) is 2. The van der Waals surface area contributed by atoms with E-state index < -0.39 is 11.7 Å². The number of aliphatic hydroxyl groups is 2. The highest BCUT2D eigenvalue weighted by atomic mass is 16.5. The van der Waals surface area contributed by atoms with Crippen LogP contribution in [0.3, 0.4) is 0 Å². The number of hydrogen-bond acceptors (Lipinski definition) is 7. The lowest BCUT2D eigenvalue weighted by Crippen LogP contribution is -2.59. The summed E-state index contributed by atoms with van der Waals surface area (Å²) >= 11 is 0. The first kappa shape index (κ1) is 27.0. The molecule has 1 fully saturated rings. The molecule has 0 aliphatic carbocycles. The summed E-state index contributed by atoms with van der Waals surface area (Å²) in [6.45, 7) is 10.8. The van der Waals surface area contributed by atoms with Gasteiger partial charge in [-0.3, -0.25) is 4.90 Å². The smallest absolute Gasteiger partial charge is 0.161 e. The van der Waals surface area contributed by atoms with Gasteiger partial charge in [0.15, 0.2) is 11.5 Å². The molecule has 1 aliphatic heterocycles. The Balaban J connectivity index is 1.41. The first-order valence-electron chi connectivity index (χ1n) is 12.8. The molecule has 0 unspecified atom stereocenters. The number of likely N-dealkylation sites (tertiary alicyclic amines) is 1. The van der Waals surface area contributed by atoms with Crippen LogP contribution in [-0.2, 0) is 13.1 Å². The molecule has 2 atom stereocenters. The molecule has 4 rings (SSSR count). The standard InChI is InChI=1S/C29H39N3O5/c1-20-6-7-21(2)28(22(20)3)37-19-29(34)18-31(12-10-27(29)33)17-24-8-9-25(35-5)26(16-24)36-15-14-32-13-11-30-23(32)4/h6-9,11,13,16,27,33-34H,10,12,14-15,17-19H2,1-5H3/t27-,29-/m0/s1. The maximum absolute atomic E-state index is 11.4. The van der Waals surface area contributed by atoms with Crippen LogP contribution < -0.4 is 14.2 Å². The number of imidazole rings is 1. The van der Waals surface area contributed by atoms with E-state index in [0.29, 0.717) is 50.7 Å². The summed E-state index contributed by atoms with van der Waals surface area (Å²) in [5.41, 5.74) is 2.88. The van der Waals surface area contributed by atoms with Crippen LogP contribution in [0.2, 0.25) is 0 Å². The number of piperidine rings is 1. The number of methoxy groups -OCH3 is 1. The van der Waals surface area contributed by atoms with Crippen LogP contribution in [0.4, 0.5) is 0 Å². The monoisotopic (exact) mass is 509 g/mol. The second-order valence-electron chi connectivity index (χ2n) is 10.1. The van der Waals surface area contributed by atoms with Gasteiger partial charge in [0.2, 0.25) is 0 Å². The molecule has 8 heteroatoms. The Morgan fingerprint density at radius 2 is 1.84 bits per heavy atom. The molecule has 1 saturated heterocycles. The second-order valence-corrected chi connectivity index (χ2v) is 10.1. The Kier molecular flexibility index (Phi) is 8.42. The molecule has 0 amide bonds. The molecule has 0 radical (unpaired) electrons. The zero-order valence-corrected chi connectivity index (χ0v) is 22.5. The second kappa shape index (κ2) is 11.5. The van der Waals surface area contributed by atoms with Crippen molar-refractivity contribution in [2.75, 3.05) is 33.4 Å². The first-order valence-corrected chi connectivity index (χ1v) is 12.8. The highest BCUT2D eigenvalue weighted by Gasteiger charge is 2.42. The number of nitrogens with zero attached hydrogens (tertiary/aromatic N) is 3. The summed E-state index contributed by atoms with van der Waals surface area (Å²) in [4.78, 5) is 6.39. The Labute approximate surface area is 219 Å². The van der Waals surface area contributed by atoms with Crippen LogP contribution in [0, 0.1) is 27.7 Å². The van der Waals surface area contributed by atoms with E-state index in [1.165, 1.54) is 0 Å². The summed E-state index contributed by atoms with van der Waals surface area (Å²) in [6, 6.07) is 9.98. The van der Waals surface area contributed by atoms with E-state index in [1.807, 2.05) is 62.7 Å². The molecule has 1 aromatic heterocycles. The Morgan fingerprint density at radius 3 is 2.57 bits per heavy atom. The average Bonchev–Trinajstić information content (AvgIpc) is 3.28. The topological polar surface area (TPSA) is 89.2 Å². The largest absolute Gasteiger partial charge is 0.493 e. The van der Waals surface area contributed by atoms with Crippen molar-refractivity contribution in [1.29, 1.82) is 0 Å². The molecule has 0 bridgehead atoms. The lowest BCUT2D eigenvalue weighted by atomic mass is 9.90. The highest BCUT2D eigenvalue weighted by Crippen LogP contribution is 2.31. The molecular formula is C29H39N3O5. The van der Waals surface area contributed by atoms with Crippen LogP contribution in [0.5, 0.6) is 17.2 Å². The number of rotatable bonds is 10. The van der Waals surface area contributed by atoms with E-state index in [1.54, 1.807) is 13.3 Å². The van der Waals surface area contributed by atoms with Crippen molar-refractivity contribution < 1.29 is 24.4 Å². The SMILES string of the molecule is COc1ccc(CN2CC[C@H](O)[C@@](O)(COc3c(C)ccc(C)c3C)C2)cc1OCCn1ccnc1C. The van der Waals surface area contributed by atoms with Crippen molar-refractivity contribution in [2.24, 2.45) is 0 Å². The van der Waals surface area contributed by atoms with Crippen molar-refractivity contribution in [2.45, 2.75) is 58.9 Å². The lowest BCUT2D eigenvalue weighted by molar-refractivity contribution is -0.140. The van der Waals surface area contributed by atoms with E-state index in [-0.39, 0.29) is 6.61 Å². The molecular weight excluding hydrogens is 470 g/mol. The van der Waals surface area contributed by atoms with E-state index in [2.05, 4.69) is 16.0 Å². The number of benzene rings is 2. The van der Waals surface area contributed by atoms with Crippen LogP contribution >= 0.6 is 0 Å². The lowest BCUT2D eigenvalue weighted by Gasteiger charge is -2.42. The molecule has 1 aliphatic rings. The van der Waals surface area contributed by atoms with Gasteiger partial charge in [-0.05, 0) is 68.5 Å². The van der Waals surface area contributed by atoms with Gasteiger partial charge in [-0.1, -0.05) is 18.2 Å². The van der Waals surface area contributed by atoms with Crippen molar-refractivity contribution in [3.05, 3.63) is 70.8 Å². The van der Waals surface area contributed by atoms with Gasteiger partial charge in [-0.25, -0.2) is 4.98 Å². The molecule has 8 nitrogen and oxygen atoms in total. The van der Waals surface area contributed by atoms with Crippen molar-refractivity contribution >= 4 is 0 Å². The fourth-order valence-corrected chi connectivity index (χ4v) is 4.85. The van der Waals surface area contributed by atoms with E-state index >= 15 is 0 Å². The zero-order chi connectivity index (χ0) is 26.6. The predicted molar refractivity (Wildman–Crippen MR) is 142 cm³/mol. The summed E-state index contributed by atoms with van der Waals surface area (Å²) in [7, 11) is 1.63. The maximum atomic E-state index is 11.4. The van der Waals surface area contributed by atoms with Gasteiger partial charge in [0, 0.05) is 32.0 Å². The summed E-state index contributed by atoms with van der Waals surface area (Å²) < 4.78 is 19.7. The summed E-state index contributed by atoms with van der Waals surface area (Å²) in [5.74, 6) is 3.08. The minimum absolute atomic E-state index is 0.0282. The fraction of sp³-hybridized carbons (Fsp3) is 0.483. The van der Waals surface area contributed by atoms with Gasteiger partial charge in [0.05, 0.1) is 19.8 Å². The van der Waals surface area contributed by atoms with Gasteiger partial charge in [0.1, 0.15) is 30.4 Å². The number of ether oxygens (including phenoxy) is 3. The average molecular weight is 510 g/mol. The van der Waals surface area contributed by atoms with E-state index in [0.717, 1.165) is 33.8 Å². The highest BCUT2D eigenvalue weighted by molar-refractivity contribution is 5.45. The summed E-state index contributed by atoms with van der Waals surface area (Å²) in [5, 5.41) is 22.1. The normalized spacial score (nSPS) is 20.1. The van der Waals surface area contributed by atoms with Crippen LogP contribution in [0.15, 0.2) is 42.7 Å². The van der Waals surface area contributed by atoms with Crippen LogP contribution in [-0.4, -0.2) is 69.8 Å². The minimum Gasteiger partial charge on any atom is -0.493 e. The Bertz CT molecular complexity index is 1210. The molecule has 2 heterocycles. The zero-order valence-electron chi connectivity index (χ0n) is 22.5. The maximum Gasteiger partial charge on any atom is 0.161 e. The number of β-amino-alcohol motifs (C(OH)–C–C–N with tert-alkyl or cyclic N) is 1. The third kappa shape index (κ3) is 6.26.